The Balaban J connectivity index is 3.63. The minimum Gasteiger partial charge on any atom is -0.480 e. The number of carboxylic acids is 1. The monoisotopic (exact) mass is 238 g/mol. The standard InChI is InChI=1S/C8H18N2O4S/c1-7(2)9-4-3-5-10-15(13,14)6-8(11)12/h7,9-10H,3-6H2,1-2H3,(H,11,12). The second kappa shape index (κ2) is 6.76. The smallest absolute Gasteiger partial charge is 0.320 e. The van der Waals surface area contributed by atoms with Crippen LogP contribution in [-0.2, 0) is 14.8 Å². The summed E-state index contributed by atoms with van der Waals surface area (Å²) < 4.78 is 24.3. The van der Waals surface area contributed by atoms with Gasteiger partial charge >= 0.3 is 5.97 Å². The minimum atomic E-state index is -3.66. The maximum absolute atomic E-state index is 11.0. The maximum atomic E-state index is 11.0. The van der Waals surface area contributed by atoms with E-state index in [9.17, 15) is 13.2 Å². The summed E-state index contributed by atoms with van der Waals surface area (Å²) in [7, 11) is -3.66. The van der Waals surface area contributed by atoms with E-state index in [1.54, 1.807) is 0 Å². The van der Waals surface area contributed by atoms with E-state index in [0.717, 1.165) is 0 Å². The predicted octanol–water partition coefficient (Wildman–Crippen LogP) is -0.621. The van der Waals surface area contributed by atoms with Crippen LogP contribution >= 0.6 is 0 Å². The van der Waals surface area contributed by atoms with Gasteiger partial charge in [0.05, 0.1) is 0 Å². The lowest BCUT2D eigenvalue weighted by molar-refractivity contribution is -0.134. The van der Waals surface area contributed by atoms with Crippen LogP contribution in [0, 0.1) is 0 Å². The highest BCUT2D eigenvalue weighted by Crippen LogP contribution is 1.85. The van der Waals surface area contributed by atoms with E-state index in [-0.39, 0.29) is 6.54 Å². The first-order chi connectivity index (χ1) is 6.83. The summed E-state index contributed by atoms with van der Waals surface area (Å²) in [6, 6.07) is 0.362. The molecule has 0 unspecified atom stereocenters. The lowest BCUT2D eigenvalue weighted by atomic mass is 10.3. The van der Waals surface area contributed by atoms with Gasteiger partial charge in [-0.2, -0.15) is 0 Å². The second-order valence-corrected chi connectivity index (χ2v) is 5.32. The van der Waals surface area contributed by atoms with E-state index in [0.29, 0.717) is 19.0 Å². The van der Waals surface area contributed by atoms with Crippen molar-refractivity contribution in [3.63, 3.8) is 0 Å². The summed E-state index contributed by atoms with van der Waals surface area (Å²) in [6.45, 7) is 4.95. The first kappa shape index (κ1) is 14.3. The second-order valence-electron chi connectivity index (χ2n) is 3.51. The van der Waals surface area contributed by atoms with Crippen LogP contribution in [0.2, 0.25) is 0 Å². The molecular formula is C8H18N2O4S. The molecule has 3 N–H and O–H groups in total. The Labute approximate surface area is 90.1 Å². The zero-order valence-electron chi connectivity index (χ0n) is 8.99. The number of carboxylic acid groups (broad SMARTS) is 1. The largest absolute Gasteiger partial charge is 0.480 e. The van der Waals surface area contributed by atoms with Crippen LogP contribution in [0.25, 0.3) is 0 Å². The van der Waals surface area contributed by atoms with Gasteiger partial charge < -0.3 is 10.4 Å². The molecule has 0 aromatic heterocycles. The van der Waals surface area contributed by atoms with E-state index in [1.807, 2.05) is 13.8 Å². The first-order valence-electron chi connectivity index (χ1n) is 4.76. The van der Waals surface area contributed by atoms with Gasteiger partial charge in [-0.3, -0.25) is 4.79 Å². The Hall–Kier alpha value is -0.660. The summed E-state index contributed by atoms with van der Waals surface area (Å²) in [6.07, 6.45) is 0.636. The number of hydrogen-bond acceptors (Lipinski definition) is 4. The fraction of sp³-hybridized carbons (Fsp3) is 0.875. The van der Waals surface area contributed by atoms with Crippen molar-refractivity contribution in [1.82, 2.24) is 10.0 Å². The molecule has 0 saturated heterocycles. The molecule has 7 heteroatoms. The molecule has 0 radical (unpaired) electrons. The third kappa shape index (κ3) is 9.64. The Bertz CT molecular complexity index is 287. The normalized spacial score (nSPS) is 11.9. The van der Waals surface area contributed by atoms with E-state index < -0.39 is 21.7 Å². The van der Waals surface area contributed by atoms with Crippen molar-refractivity contribution in [1.29, 1.82) is 0 Å². The molecule has 0 aromatic rings. The molecule has 90 valence electrons. The SMILES string of the molecule is CC(C)NCCCNS(=O)(=O)CC(=O)O. The van der Waals surface area contributed by atoms with Gasteiger partial charge in [-0.25, -0.2) is 13.1 Å². The number of aliphatic carboxylic acids is 1. The average Bonchev–Trinajstić information content (AvgIpc) is 1.99. The molecule has 0 aliphatic carbocycles. The topological polar surface area (TPSA) is 95.5 Å². The number of nitrogens with one attached hydrogen (secondary N) is 2. The fourth-order valence-electron chi connectivity index (χ4n) is 0.920. The van der Waals surface area contributed by atoms with Gasteiger partial charge in [-0.05, 0) is 13.0 Å². The van der Waals surface area contributed by atoms with Crippen molar-refractivity contribution in [3.8, 4) is 0 Å². The molecule has 0 aliphatic heterocycles. The lowest BCUT2D eigenvalue weighted by Crippen LogP contribution is -2.33. The van der Waals surface area contributed by atoms with Gasteiger partial charge in [0.25, 0.3) is 0 Å². The Morgan fingerprint density at radius 1 is 1.33 bits per heavy atom. The average molecular weight is 238 g/mol. The van der Waals surface area contributed by atoms with Gasteiger partial charge in [0.1, 0.15) is 0 Å². The van der Waals surface area contributed by atoms with E-state index in [1.165, 1.54) is 0 Å². The molecular weight excluding hydrogens is 220 g/mol. The van der Waals surface area contributed by atoms with Crippen LogP contribution in [0.1, 0.15) is 20.3 Å². The van der Waals surface area contributed by atoms with E-state index in [2.05, 4.69) is 10.0 Å². The molecule has 0 heterocycles. The van der Waals surface area contributed by atoms with Gasteiger partial charge in [-0.1, -0.05) is 13.8 Å². The van der Waals surface area contributed by atoms with Crippen LogP contribution in [0.5, 0.6) is 0 Å². The third-order valence-corrected chi connectivity index (χ3v) is 2.81. The molecule has 0 rings (SSSR count). The van der Waals surface area contributed by atoms with E-state index in [4.69, 9.17) is 5.11 Å². The molecule has 0 bridgehead atoms. The Morgan fingerprint density at radius 3 is 2.40 bits per heavy atom. The van der Waals surface area contributed by atoms with Crippen LogP contribution in [0.15, 0.2) is 0 Å². The summed E-state index contributed by atoms with van der Waals surface area (Å²) in [5, 5.41) is 11.4. The quantitative estimate of drug-likeness (QED) is 0.490. The molecule has 6 nitrogen and oxygen atoms in total. The molecule has 0 fully saturated rings. The van der Waals surface area contributed by atoms with Crippen LogP contribution < -0.4 is 10.0 Å². The van der Waals surface area contributed by atoms with Gasteiger partial charge in [0.15, 0.2) is 5.75 Å². The summed E-state index contributed by atoms with van der Waals surface area (Å²) >= 11 is 0. The molecule has 0 saturated carbocycles. The van der Waals surface area contributed by atoms with Crippen LogP contribution in [-0.4, -0.2) is 44.4 Å². The van der Waals surface area contributed by atoms with Crippen molar-refractivity contribution in [2.75, 3.05) is 18.8 Å². The Morgan fingerprint density at radius 2 is 1.93 bits per heavy atom. The van der Waals surface area contributed by atoms with Gasteiger partial charge in [-0.15, -0.1) is 0 Å². The van der Waals surface area contributed by atoms with Crippen LogP contribution in [0.3, 0.4) is 0 Å². The number of sulfonamides is 1. The zero-order valence-corrected chi connectivity index (χ0v) is 9.80. The van der Waals surface area contributed by atoms with Crippen molar-refractivity contribution in [2.45, 2.75) is 26.3 Å². The lowest BCUT2D eigenvalue weighted by Gasteiger charge is -2.08. The summed E-state index contributed by atoms with van der Waals surface area (Å²) in [5.41, 5.74) is 0. The molecule has 0 aromatic carbocycles. The number of carbonyl (C=O) groups is 1. The highest BCUT2D eigenvalue weighted by atomic mass is 32.2. The molecule has 0 atom stereocenters. The number of hydrogen-bond donors (Lipinski definition) is 3. The molecule has 0 aliphatic rings. The van der Waals surface area contributed by atoms with Crippen molar-refractivity contribution >= 4 is 16.0 Å². The highest BCUT2D eigenvalue weighted by molar-refractivity contribution is 7.90. The highest BCUT2D eigenvalue weighted by Gasteiger charge is 2.13. The van der Waals surface area contributed by atoms with E-state index >= 15 is 0 Å². The summed E-state index contributed by atoms with van der Waals surface area (Å²) in [4.78, 5) is 10.2. The molecule has 15 heavy (non-hydrogen) atoms. The van der Waals surface area contributed by atoms with Gasteiger partial charge in [0, 0.05) is 12.6 Å². The molecule has 0 amide bonds. The van der Waals surface area contributed by atoms with Crippen molar-refractivity contribution in [2.24, 2.45) is 0 Å². The summed E-state index contributed by atoms with van der Waals surface area (Å²) in [5.74, 6) is -2.22. The molecule has 0 spiro atoms. The third-order valence-electron chi connectivity index (χ3n) is 1.54. The maximum Gasteiger partial charge on any atom is 0.320 e. The van der Waals surface area contributed by atoms with Crippen molar-refractivity contribution in [3.05, 3.63) is 0 Å². The van der Waals surface area contributed by atoms with Crippen molar-refractivity contribution < 1.29 is 18.3 Å². The Kier molecular flexibility index (Phi) is 6.46. The van der Waals surface area contributed by atoms with Crippen LogP contribution in [0.4, 0.5) is 0 Å². The minimum absolute atomic E-state index is 0.259. The fourth-order valence-corrected chi connectivity index (χ4v) is 1.80. The zero-order chi connectivity index (χ0) is 11.9. The predicted molar refractivity (Wildman–Crippen MR) is 57.2 cm³/mol. The van der Waals surface area contributed by atoms with Gasteiger partial charge in [0.2, 0.25) is 10.0 Å². The first-order valence-corrected chi connectivity index (χ1v) is 6.41. The number of rotatable bonds is 8.